The van der Waals surface area contributed by atoms with Gasteiger partial charge in [0, 0.05) is 0 Å². The fourth-order valence-electron chi connectivity index (χ4n) is 3.54. The van der Waals surface area contributed by atoms with E-state index >= 15 is 0 Å². The summed E-state index contributed by atoms with van der Waals surface area (Å²) in [4.78, 5) is 48.5. The first kappa shape index (κ1) is 30.1. The maximum atomic E-state index is 12.2. The van der Waals surface area contributed by atoms with Gasteiger partial charge in [0.15, 0.2) is 0 Å². The van der Waals surface area contributed by atoms with E-state index in [1.165, 1.54) is 12.4 Å². The van der Waals surface area contributed by atoms with Crippen molar-refractivity contribution in [2.45, 2.75) is 20.3 Å². The third kappa shape index (κ3) is 9.61. The highest BCUT2D eigenvalue weighted by molar-refractivity contribution is 5.97. The smallest absolute Gasteiger partial charge is 0.343 e. The van der Waals surface area contributed by atoms with Crippen molar-refractivity contribution in [3.8, 4) is 11.5 Å². The Morgan fingerprint density at radius 1 is 0.558 bits per heavy atom. The molecule has 0 saturated carbocycles. The van der Waals surface area contributed by atoms with Gasteiger partial charge < -0.3 is 9.47 Å². The average molecular weight is 577 g/mol. The molecule has 0 radical (unpaired) electrons. The van der Waals surface area contributed by atoms with E-state index in [0.717, 1.165) is 11.1 Å². The lowest BCUT2D eigenvalue weighted by molar-refractivity contribution is -0.129. The topological polar surface area (TPSA) is 136 Å². The molecule has 0 atom stereocenters. The molecule has 0 aliphatic rings. The van der Waals surface area contributed by atoms with Crippen LogP contribution < -0.4 is 20.3 Å². The quantitative estimate of drug-likeness (QED) is 0.0921. The molecule has 4 aromatic rings. The Balaban J connectivity index is 1.16. The number of carbonyl (C=O) groups excluding carboxylic acids is 4. The van der Waals surface area contributed by atoms with Gasteiger partial charge >= 0.3 is 11.9 Å². The Labute approximate surface area is 248 Å². The number of aryl methyl sites for hydroxylation is 2. The molecule has 2 amide bonds. The van der Waals surface area contributed by atoms with E-state index < -0.39 is 30.2 Å². The van der Waals surface area contributed by atoms with Crippen LogP contribution in [0.5, 0.6) is 11.5 Å². The second kappa shape index (κ2) is 14.6. The van der Waals surface area contributed by atoms with Gasteiger partial charge in [-0.05, 0) is 97.8 Å². The van der Waals surface area contributed by atoms with E-state index in [-0.39, 0.29) is 0 Å². The summed E-state index contributed by atoms with van der Waals surface area (Å²) in [6.45, 7) is 3.86. The SMILES string of the molecule is Cc1ccc(C(=O)Oc2ccc(/C=N/NC(=O)CC(=O)N/N=C/c3ccc(OC(=O)c4ccc(C)cc4)cc3)cc2)cc1. The van der Waals surface area contributed by atoms with Crippen LogP contribution in [-0.4, -0.2) is 36.2 Å². The minimum Gasteiger partial charge on any atom is -0.423 e. The van der Waals surface area contributed by atoms with Gasteiger partial charge in [0.1, 0.15) is 17.9 Å². The minimum absolute atomic E-state index is 0.362. The summed E-state index contributed by atoms with van der Waals surface area (Å²) >= 11 is 0. The molecular weight excluding hydrogens is 548 g/mol. The van der Waals surface area contributed by atoms with Crippen molar-refractivity contribution >= 4 is 36.2 Å². The molecule has 2 N–H and O–H groups in total. The standard InChI is InChI=1S/C33H28N4O6/c1-22-3-11-26(12-4-22)32(40)42-28-15-7-24(8-16-28)20-34-36-30(38)19-31(39)37-35-21-25-9-17-29(18-10-25)43-33(41)27-13-5-23(2)6-14-27/h3-18,20-21H,19H2,1-2H3,(H,36,38)(H,37,39)/b34-20+,35-21+. The van der Waals surface area contributed by atoms with Crippen molar-refractivity contribution < 1.29 is 28.7 Å². The summed E-state index contributed by atoms with van der Waals surface area (Å²) in [6.07, 6.45) is 2.29. The molecule has 0 aromatic heterocycles. The summed E-state index contributed by atoms with van der Waals surface area (Å²) < 4.78 is 10.7. The highest BCUT2D eigenvalue weighted by Gasteiger charge is 2.10. The first-order valence-electron chi connectivity index (χ1n) is 13.2. The molecule has 4 rings (SSSR count). The first-order chi connectivity index (χ1) is 20.7. The number of benzene rings is 4. The average Bonchev–Trinajstić information content (AvgIpc) is 2.99. The normalized spacial score (nSPS) is 10.8. The van der Waals surface area contributed by atoms with Crippen LogP contribution in [0.2, 0.25) is 0 Å². The fourth-order valence-corrected chi connectivity index (χ4v) is 3.54. The van der Waals surface area contributed by atoms with Crippen LogP contribution in [0.25, 0.3) is 0 Å². The Morgan fingerprint density at radius 3 is 1.26 bits per heavy atom. The van der Waals surface area contributed by atoms with Gasteiger partial charge in [0.2, 0.25) is 11.8 Å². The summed E-state index contributed by atoms with van der Waals surface area (Å²) in [6, 6.07) is 27.2. The largest absolute Gasteiger partial charge is 0.423 e. The molecule has 0 aliphatic heterocycles. The number of hydrogen-bond donors (Lipinski definition) is 2. The highest BCUT2D eigenvalue weighted by Crippen LogP contribution is 2.15. The first-order valence-corrected chi connectivity index (χ1v) is 13.2. The van der Waals surface area contributed by atoms with Crippen molar-refractivity contribution in [3.63, 3.8) is 0 Å². The van der Waals surface area contributed by atoms with Crippen LogP contribution in [0.1, 0.15) is 49.4 Å². The second-order valence-corrected chi connectivity index (χ2v) is 9.41. The number of hydrazone groups is 2. The summed E-state index contributed by atoms with van der Waals surface area (Å²) in [5, 5.41) is 7.67. The molecule has 0 fully saturated rings. The number of rotatable bonds is 10. The number of carbonyl (C=O) groups is 4. The van der Waals surface area contributed by atoms with Crippen molar-refractivity contribution in [2.24, 2.45) is 10.2 Å². The van der Waals surface area contributed by atoms with Crippen molar-refractivity contribution in [3.05, 3.63) is 130 Å². The van der Waals surface area contributed by atoms with Crippen LogP contribution in [-0.2, 0) is 9.59 Å². The molecule has 0 bridgehead atoms. The lowest BCUT2D eigenvalue weighted by Gasteiger charge is -2.05. The van der Waals surface area contributed by atoms with Crippen LogP contribution in [0, 0.1) is 13.8 Å². The zero-order chi connectivity index (χ0) is 30.6. The number of hydrogen-bond acceptors (Lipinski definition) is 8. The molecule has 10 nitrogen and oxygen atoms in total. The Bertz CT molecular complexity index is 1520. The Morgan fingerprint density at radius 2 is 0.907 bits per heavy atom. The van der Waals surface area contributed by atoms with Gasteiger partial charge in [-0.15, -0.1) is 0 Å². The van der Waals surface area contributed by atoms with Gasteiger partial charge in [0.05, 0.1) is 23.6 Å². The van der Waals surface area contributed by atoms with E-state index in [0.29, 0.717) is 33.8 Å². The Hall–Kier alpha value is -5.90. The molecular formula is C33H28N4O6. The second-order valence-electron chi connectivity index (χ2n) is 9.41. The lowest BCUT2D eigenvalue weighted by Crippen LogP contribution is -2.27. The summed E-state index contributed by atoms with van der Waals surface area (Å²) in [7, 11) is 0. The molecule has 0 unspecified atom stereocenters. The minimum atomic E-state index is -0.632. The predicted molar refractivity (Wildman–Crippen MR) is 161 cm³/mol. The monoisotopic (exact) mass is 576 g/mol. The molecule has 0 aliphatic carbocycles. The van der Waals surface area contributed by atoms with Gasteiger partial charge in [-0.1, -0.05) is 35.4 Å². The predicted octanol–water partition coefficient (Wildman–Crippen LogP) is 4.73. The van der Waals surface area contributed by atoms with Crippen molar-refractivity contribution in [2.75, 3.05) is 0 Å². The van der Waals surface area contributed by atoms with Crippen molar-refractivity contribution in [1.29, 1.82) is 0 Å². The van der Waals surface area contributed by atoms with E-state index in [1.54, 1.807) is 72.8 Å². The zero-order valence-electron chi connectivity index (χ0n) is 23.4. The van der Waals surface area contributed by atoms with E-state index in [2.05, 4.69) is 21.1 Å². The van der Waals surface area contributed by atoms with Crippen LogP contribution in [0.15, 0.2) is 107 Å². The maximum absolute atomic E-state index is 12.2. The maximum Gasteiger partial charge on any atom is 0.343 e. The number of nitrogens with zero attached hydrogens (tertiary/aromatic N) is 2. The Kier molecular flexibility index (Phi) is 10.2. The molecule has 4 aromatic carbocycles. The molecule has 0 saturated heterocycles. The highest BCUT2D eigenvalue weighted by atomic mass is 16.5. The van der Waals surface area contributed by atoms with Crippen molar-refractivity contribution in [1.82, 2.24) is 10.9 Å². The summed E-state index contributed by atoms with van der Waals surface area (Å²) in [5.74, 6) is -1.47. The van der Waals surface area contributed by atoms with E-state index in [4.69, 9.17) is 9.47 Å². The number of nitrogens with one attached hydrogen (secondary N) is 2. The van der Waals surface area contributed by atoms with Crippen LogP contribution in [0.3, 0.4) is 0 Å². The van der Waals surface area contributed by atoms with Gasteiger partial charge in [-0.2, -0.15) is 10.2 Å². The third-order valence-electron chi connectivity index (χ3n) is 5.88. The number of ether oxygens (including phenoxy) is 2. The van der Waals surface area contributed by atoms with Crippen LogP contribution >= 0.6 is 0 Å². The van der Waals surface area contributed by atoms with Gasteiger partial charge in [-0.25, -0.2) is 20.4 Å². The molecule has 10 heteroatoms. The third-order valence-corrected chi connectivity index (χ3v) is 5.88. The molecule has 0 spiro atoms. The van der Waals surface area contributed by atoms with Crippen LogP contribution in [0.4, 0.5) is 0 Å². The molecule has 43 heavy (non-hydrogen) atoms. The van der Waals surface area contributed by atoms with E-state index in [9.17, 15) is 19.2 Å². The zero-order valence-corrected chi connectivity index (χ0v) is 23.4. The molecule has 216 valence electrons. The van der Waals surface area contributed by atoms with Gasteiger partial charge in [-0.3, -0.25) is 9.59 Å². The van der Waals surface area contributed by atoms with E-state index in [1.807, 2.05) is 38.1 Å². The number of esters is 2. The fraction of sp³-hybridized carbons (Fsp3) is 0.0909. The summed E-state index contributed by atoms with van der Waals surface area (Å²) in [5.41, 5.74) is 8.80. The molecule has 0 heterocycles. The van der Waals surface area contributed by atoms with Gasteiger partial charge in [0.25, 0.3) is 0 Å². The lowest BCUT2D eigenvalue weighted by atomic mass is 10.1. The number of amides is 2.